The summed E-state index contributed by atoms with van der Waals surface area (Å²) in [6.07, 6.45) is 0. The second kappa shape index (κ2) is 4.29. The molecule has 0 rings (SSSR count). The summed E-state index contributed by atoms with van der Waals surface area (Å²) < 4.78 is 0. The Bertz CT molecular complexity index is 8.36. The van der Waals surface area contributed by atoms with Gasteiger partial charge in [0, 0.05) is 0 Å². The first kappa shape index (κ1) is 8.99. The standard InChI is InChI=1S/C4H9.ClH/c1-4(2)3;/h4H,1H2,2-3H3;1H. The van der Waals surface area contributed by atoms with E-state index in [0.717, 1.165) is 0 Å². The fourth-order valence-corrected chi connectivity index (χ4v) is 0. The Hall–Kier alpha value is 0.290. The van der Waals surface area contributed by atoms with Crippen molar-refractivity contribution in [1.82, 2.24) is 0 Å². The highest BCUT2D eigenvalue weighted by Crippen LogP contribution is 1.80. The smallest absolute Gasteiger partial charge is 0.0471 e. The zero-order valence-corrected chi connectivity index (χ0v) is 4.51. The van der Waals surface area contributed by atoms with Crippen LogP contribution < -0.4 is 0 Å². The third-order valence-corrected chi connectivity index (χ3v) is 0. The minimum Gasteiger partial charge on any atom is -0.147 e. The van der Waals surface area contributed by atoms with Crippen LogP contribution in [0.5, 0.6) is 0 Å². The molecule has 0 aliphatic heterocycles. The van der Waals surface area contributed by atoms with Crippen molar-refractivity contribution < 1.29 is 0 Å². The number of rotatable bonds is 0. The molecule has 0 aliphatic carbocycles. The summed E-state index contributed by atoms with van der Waals surface area (Å²) in [7, 11) is 0. The predicted molar refractivity (Wildman–Crippen MR) is 27.4 cm³/mol. The first-order valence-corrected chi connectivity index (χ1v) is 1.56. The zero-order valence-electron chi connectivity index (χ0n) is 3.69. The van der Waals surface area contributed by atoms with E-state index in [1.807, 2.05) is 0 Å². The van der Waals surface area contributed by atoms with Crippen LogP contribution in [-0.2, 0) is 0 Å². The van der Waals surface area contributed by atoms with Crippen molar-refractivity contribution in [1.29, 1.82) is 0 Å². The summed E-state index contributed by atoms with van der Waals surface area (Å²) in [6.45, 7) is 7.75. The van der Waals surface area contributed by atoms with Crippen molar-refractivity contribution in [3.8, 4) is 0 Å². The van der Waals surface area contributed by atoms with Crippen LogP contribution in [0.2, 0.25) is 0 Å². The largest absolute Gasteiger partial charge is 0.147 e. The third-order valence-electron chi connectivity index (χ3n) is 0. The molecule has 0 amide bonds. The monoisotopic (exact) mass is 93.0 g/mol. The molecule has 5 heavy (non-hydrogen) atoms. The number of hydrogen-bond acceptors (Lipinski definition) is 0. The summed E-state index contributed by atoms with van der Waals surface area (Å²) in [5, 5.41) is 0. The summed E-state index contributed by atoms with van der Waals surface area (Å²) in [5.41, 5.74) is 0. The highest BCUT2D eigenvalue weighted by Gasteiger charge is 1.68. The molecular weight excluding hydrogens is 83.5 g/mol. The Morgan fingerprint density at radius 2 is 1.40 bits per heavy atom. The Morgan fingerprint density at radius 3 is 1.40 bits per heavy atom. The lowest BCUT2D eigenvalue weighted by Crippen LogP contribution is -1.67. The lowest BCUT2D eigenvalue weighted by Gasteiger charge is -1.78. The van der Waals surface area contributed by atoms with Crippen LogP contribution >= 0.6 is 12.4 Å². The molecule has 0 aliphatic rings. The van der Waals surface area contributed by atoms with E-state index in [1.54, 1.807) is 0 Å². The topological polar surface area (TPSA) is 0 Å². The van der Waals surface area contributed by atoms with Gasteiger partial charge in [-0.05, 0) is 5.92 Å². The van der Waals surface area contributed by atoms with Gasteiger partial charge in [-0.3, -0.25) is 0 Å². The van der Waals surface area contributed by atoms with E-state index in [1.165, 1.54) is 0 Å². The Morgan fingerprint density at radius 1 is 1.40 bits per heavy atom. The van der Waals surface area contributed by atoms with E-state index in [2.05, 4.69) is 20.8 Å². The molecule has 0 saturated heterocycles. The number of halogens is 1. The normalized spacial score (nSPS) is 7.20. The van der Waals surface area contributed by atoms with Gasteiger partial charge in [0.2, 0.25) is 0 Å². The molecular formula is C4H10Cl. The summed E-state index contributed by atoms with van der Waals surface area (Å²) in [5.74, 6) is 0.583. The van der Waals surface area contributed by atoms with Gasteiger partial charge in [-0.25, -0.2) is 0 Å². The highest BCUT2D eigenvalue weighted by molar-refractivity contribution is 5.85. The van der Waals surface area contributed by atoms with Gasteiger partial charge >= 0.3 is 0 Å². The fourth-order valence-electron chi connectivity index (χ4n) is 0. The van der Waals surface area contributed by atoms with Gasteiger partial charge in [-0.1, -0.05) is 20.8 Å². The molecule has 0 saturated carbocycles. The van der Waals surface area contributed by atoms with Crippen LogP contribution in [0.25, 0.3) is 0 Å². The molecule has 0 unspecified atom stereocenters. The summed E-state index contributed by atoms with van der Waals surface area (Å²) in [6, 6.07) is 0. The van der Waals surface area contributed by atoms with Crippen molar-refractivity contribution >= 4 is 12.4 Å². The molecule has 0 nitrogen and oxygen atoms in total. The minimum atomic E-state index is 0. The van der Waals surface area contributed by atoms with E-state index in [4.69, 9.17) is 0 Å². The van der Waals surface area contributed by atoms with Crippen LogP contribution in [0, 0.1) is 12.8 Å². The van der Waals surface area contributed by atoms with Crippen LogP contribution in [0.4, 0.5) is 0 Å². The maximum atomic E-state index is 3.64. The third kappa shape index (κ3) is 268. The lowest BCUT2D eigenvalue weighted by atomic mass is 10.3. The van der Waals surface area contributed by atoms with Gasteiger partial charge < -0.3 is 0 Å². The van der Waals surface area contributed by atoms with Gasteiger partial charge in [-0.15, -0.1) is 12.4 Å². The van der Waals surface area contributed by atoms with Crippen molar-refractivity contribution in [2.45, 2.75) is 13.8 Å². The first-order chi connectivity index (χ1) is 1.73. The van der Waals surface area contributed by atoms with E-state index in [-0.39, 0.29) is 12.4 Å². The zero-order chi connectivity index (χ0) is 3.58. The van der Waals surface area contributed by atoms with Crippen LogP contribution in [0.1, 0.15) is 13.8 Å². The molecule has 0 spiro atoms. The maximum Gasteiger partial charge on any atom is -0.0471 e. The summed E-state index contributed by atoms with van der Waals surface area (Å²) >= 11 is 0. The second-order valence-electron chi connectivity index (χ2n) is 1.39. The van der Waals surface area contributed by atoms with E-state index in [0.29, 0.717) is 5.92 Å². The SMILES string of the molecule is Cl.[CH2]C(C)C. The van der Waals surface area contributed by atoms with Crippen LogP contribution in [0.3, 0.4) is 0 Å². The maximum absolute atomic E-state index is 3.64. The lowest BCUT2D eigenvalue weighted by molar-refractivity contribution is 0.827. The van der Waals surface area contributed by atoms with Crippen LogP contribution in [0.15, 0.2) is 0 Å². The molecule has 0 bridgehead atoms. The Balaban J connectivity index is 0. The molecule has 1 radical (unpaired) electrons. The van der Waals surface area contributed by atoms with Crippen molar-refractivity contribution in [3.05, 3.63) is 6.92 Å². The molecule has 0 aromatic heterocycles. The minimum absolute atomic E-state index is 0. The van der Waals surface area contributed by atoms with Crippen molar-refractivity contribution in [3.63, 3.8) is 0 Å². The molecule has 0 heterocycles. The average molecular weight is 93.6 g/mol. The van der Waals surface area contributed by atoms with Gasteiger partial charge in [0.05, 0.1) is 0 Å². The van der Waals surface area contributed by atoms with Crippen molar-refractivity contribution in [2.24, 2.45) is 5.92 Å². The van der Waals surface area contributed by atoms with E-state index in [9.17, 15) is 0 Å². The quantitative estimate of drug-likeness (QED) is 0.429. The van der Waals surface area contributed by atoms with Gasteiger partial charge in [0.15, 0.2) is 0 Å². The van der Waals surface area contributed by atoms with Gasteiger partial charge in [0.25, 0.3) is 0 Å². The highest BCUT2D eigenvalue weighted by atomic mass is 35.5. The van der Waals surface area contributed by atoms with Crippen molar-refractivity contribution in [2.75, 3.05) is 0 Å². The van der Waals surface area contributed by atoms with E-state index < -0.39 is 0 Å². The number of hydrogen-bond donors (Lipinski definition) is 0. The molecule has 0 aromatic rings. The molecule has 33 valence electrons. The molecule has 0 N–H and O–H groups in total. The average Bonchev–Trinajstić information content (AvgIpc) is 0.811. The second-order valence-corrected chi connectivity index (χ2v) is 1.39. The molecule has 1 heteroatoms. The van der Waals surface area contributed by atoms with E-state index >= 15 is 0 Å². The molecule has 0 atom stereocenters. The molecule has 0 aromatic carbocycles. The Kier molecular flexibility index (Phi) is 7.72. The fraction of sp³-hybridized carbons (Fsp3) is 0.750. The Labute approximate surface area is 40.0 Å². The predicted octanol–water partition coefficient (Wildman–Crippen LogP) is 1.90. The summed E-state index contributed by atoms with van der Waals surface area (Å²) in [4.78, 5) is 0. The van der Waals surface area contributed by atoms with Gasteiger partial charge in [0.1, 0.15) is 0 Å². The molecule has 0 fully saturated rings. The van der Waals surface area contributed by atoms with Crippen LogP contribution in [-0.4, -0.2) is 0 Å². The van der Waals surface area contributed by atoms with Gasteiger partial charge in [-0.2, -0.15) is 0 Å². The first-order valence-electron chi connectivity index (χ1n) is 1.56.